The highest BCUT2D eigenvalue weighted by atomic mass is 15.2. The molecular weight excluding hydrogens is 260 g/mol. The molecule has 0 radical (unpaired) electrons. The van der Waals surface area contributed by atoms with Gasteiger partial charge in [0.2, 0.25) is 0 Å². The topological polar surface area (TPSA) is 41.1 Å². The van der Waals surface area contributed by atoms with E-state index in [1.807, 2.05) is 7.05 Å². The third-order valence-electron chi connectivity index (χ3n) is 3.35. The van der Waals surface area contributed by atoms with Crippen molar-refractivity contribution >= 4 is 11.6 Å². The fraction of sp³-hybridized carbons (Fsp3) is 0.765. The van der Waals surface area contributed by atoms with Gasteiger partial charge in [0.25, 0.3) is 0 Å². The number of nitrogens with zero attached hydrogens (tertiary/aromatic N) is 3. The van der Waals surface area contributed by atoms with Gasteiger partial charge in [-0.25, -0.2) is 9.97 Å². The molecule has 1 aromatic heterocycles. The Kier molecular flexibility index (Phi) is 6.93. The van der Waals surface area contributed by atoms with E-state index in [2.05, 4.69) is 56.7 Å². The van der Waals surface area contributed by atoms with E-state index in [4.69, 9.17) is 4.98 Å². The number of hydrogen-bond donors (Lipinski definition) is 1. The molecule has 0 amide bonds. The molecule has 1 rings (SSSR count). The van der Waals surface area contributed by atoms with Gasteiger partial charge in [-0.15, -0.1) is 0 Å². The van der Waals surface area contributed by atoms with Gasteiger partial charge < -0.3 is 10.2 Å². The largest absolute Gasteiger partial charge is 0.373 e. The molecule has 0 atom stereocenters. The van der Waals surface area contributed by atoms with Gasteiger partial charge in [0, 0.05) is 32.1 Å². The maximum atomic E-state index is 4.85. The number of anilines is 2. The minimum atomic E-state index is 0.616. The Labute approximate surface area is 130 Å². The van der Waals surface area contributed by atoms with Gasteiger partial charge >= 0.3 is 0 Å². The van der Waals surface area contributed by atoms with E-state index in [-0.39, 0.29) is 0 Å². The fourth-order valence-electron chi connectivity index (χ4n) is 2.57. The van der Waals surface area contributed by atoms with Gasteiger partial charge in [0.15, 0.2) is 0 Å². The monoisotopic (exact) mass is 292 g/mol. The number of aromatic nitrogens is 2. The fourth-order valence-corrected chi connectivity index (χ4v) is 2.57. The van der Waals surface area contributed by atoms with Gasteiger partial charge in [-0.1, -0.05) is 34.6 Å². The van der Waals surface area contributed by atoms with Crippen LogP contribution in [0, 0.1) is 18.8 Å². The summed E-state index contributed by atoms with van der Waals surface area (Å²) in [5, 5.41) is 3.22. The lowest BCUT2D eigenvalue weighted by Gasteiger charge is -2.29. The van der Waals surface area contributed by atoms with Crippen LogP contribution in [0.15, 0.2) is 0 Å². The van der Waals surface area contributed by atoms with Crippen molar-refractivity contribution in [1.29, 1.82) is 0 Å². The van der Waals surface area contributed by atoms with Crippen LogP contribution in [-0.4, -0.2) is 30.1 Å². The molecule has 0 fully saturated rings. The molecule has 0 aliphatic carbocycles. The zero-order chi connectivity index (χ0) is 16.0. The zero-order valence-corrected chi connectivity index (χ0v) is 14.8. The van der Waals surface area contributed by atoms with E-state index in [1.54, 1.807) is 0 Å². The van der Waals surface area contributed by atoms with E-state index < -0.39 is 0 Å². The second-order valence-electron chi connectivity index (χ2n) is 6.63. The van der Waals surface area contributed by atoms with Crippen LogP contribution in [0.3, 0.4) is 0 Å². The molecule has 0 aliphatic heterocycles. The Morgan fingerprint density at radius 1 is 1.05 bits per heavy atom. The molecule has 4 nitrogen and oxygen atoms in total. The van der Waals surface area contributed by atoms with Crippen LogP contribution in [0.2, 0.25) is 0 Å². The van der Waals surface area contributed by atoms with Gasteiger partial charge in [0.1, 0.15) is 17.5 Å². The lowest BCUT2D eigenvalue weighted by Crippen LogP contribution is -2.33. The molecule has 0 saturated heterocycles. The van der Waals surface area contributed by atoms with E-state index in [0.29, 0.717) is 11.8 Å². The summed E-state index contributed by atoms with van der Waals surface area (Å²) in [6, 6.07) is 0. The molecule has 1 N–H and O–H groups in total. The molecule has 0 saturated carbocycles. The van der Waals surface area contributed by atoms with Gasteiger partial charge in [-0.3, -0.25) is 0 Å². The summed E-state index contributed by atoms with van der Waals surface area (Å²) in [5.74, 6) is 4.23. The smallest absolute Gasteiger partial charge is 0.137 e. The SMILES string of the molecule is CCCc1nc(NC)c(C)c(N(CC(C)C)CC(C)C)n1. The highest BCUT2D eigenvalue weighted by Crippen LogP contribution is 2.25. The summed E-state index contributed by atoms with van der Waals surface area (Å²) in [6.07, 6.45) is 2.00. The molecule has 1 aromatic rings. The second-order valence-corrected chi connectivity index (χ2v) is 6.63. The standard InChI is InChI=1S/C17H32N4/c1-8-9-15-19-16(18-7)14(6)17(20-15)21(10-12(2)3)11-13(4)5/h12-13H,8-11H2,1-7H3,(H,18,19,20). The molecule has 0 bridgehead atoms. The third-order valence-corrected chi connectivity index (χ3v) is 3.35. The Morgan fingerprint density at radius 3 is 2.05 bits per heavy atom. The van der Waals surface area contributed by atoms with Crippen LogP contribution in [0.1, 0.15) is 52.4 Å². The molecular formula is C17H32N4. The highest BCUT2D eigenvalue weighted by molar-refractivity contribution is 5.58. The molecule has 0 unspecified atom stereocenters. The van der Waals surface area contributed by atoms with Crippen molar-refractivity contribution in [2.45, 2.75) is 54.4 Å². The average molecular weight is 292 g/mol. The van der Waals surface area contributed by atoms with Gasteiger partial charge in [-0.05, 0) is 25.2 Å². The van der Waals surface area contributed by atoms with Crippen molar-refractivity contribution in [2.24, 2.45) is 11.8 Å². The first-order chi connectivity index (χ1) is 9.88. The van der Waals surface area contributed by atoms with Crippen LogP contribution < -0.4 is 10.2 Å². The number of aryl methyl sites for hydroxylation is 1. The Hall–Kier alpha value is -1.32. The molecule has 1 heterocycles. The molecule has 21 heavy (non-hydrogen) atoms. The average Bonchev–Trinajstić information content (AvgIpc) is 2.39. The van der Waals surface area contributed by atoms with Crippen LogP contribution >= 0.6 is 0 Å². The van der Waals surface area contributed by atoms with Crippen LogP contribution in [0.5, 0.6) is 0 Å². The predicted octanol–water partition coefficient (Wildman–Crippen LogP) is 3.90. The zero-order valence-electron chi connectivity index (χ0n) is 14.8. The van der Waals surface area contributed by atoms with E-state index in [9.17, 15) is 0 Å². The maximum Gasteiger partial charge on any atom is 0.137 e. The van der Waals surface area contributed by atoms with Crippen molar-refractivity contribution in [2.75, 3.05) is 30.4 Å². The van der Waals surface area contributed by atoms with Crippen LogP contribution in [0.25, 0.3) is 0 Å². The number of hydrogen-bond acceptors (Lipinski definition) is 4. The van der Waals surface area contributed by atoms with E-state index in [0.717, 1.165) is 49.0 Å². The number of nitrogens with one attached hydrogen (secondary N) is 1. The summed E-state index contributed by atoms with van der Waals surface area (Å²) in [4.78, 5) is 11.9. The maximum absolute atomic E-state index is 4.85. The van der Waals surface area contributed by atoms with Crippen LogP contribution in [0.4, 0.5) is 11.6 Å². The normalized spacial score (nSPS) is 11.3. The first kappa shape index (κ1) is 17.7. The van der Waals surface area contributed by atoms with E-state index >= 15 is 0 Å². The Balaban J connectivity index is 3.23. The van der Waals surface area contributed by atoms with Crippen molar-refractivity contribution in [1.82, 2.24) is 9.97 Å². The third kappa shape index (κ3) is 5.18. The van der Waals surface area contributed by atoms with E-state index in [1.165, 1.54) is 0 Å². The summed E-state index contributed by atoms with van der Waals surface area (Å²) >= 11 is 0. The first-order valence-electron chi connectivity index (χ1n) is 8.19. The summed E-state index contributed by atoms with van der Waals surface area (Å²) in [5.41, 5.74) is 1.15. The molecule has 120 valence electrons. The van der Waals surface area contributed by atoms with Crippen molar-refractivity contribution in [3.05, 3.63) is 11.4 Å². The second kappa shape index (κ2) is 8.20. The number of rotatable bonds is 8. The molecule has 0 aromatic carbocycles. The molecule has 0 spiro atoms. The summed E-state index contributed by atoms with van der Waals surface area (Å²) in [6.45, 7) is 15.4. The van der Waals surface area contributed by atoms with Gasteiger partial charge in [0.05, 0.1) is 0 Å². The lowest BCUT2D eigenvalue weighted by molar-refractivity contribution is 0.546. The first-order valence-corrected chi connectivity index (χ1v) is 8.19. The summed E-state index contributed by atoms with van der Waals surface area (Å²) < 4.78 is 0. The minimum absolute atomic E-state index is 0.616. The minimum Gasteiger partial charge on any atom is -0.373 e. The van der Waals surface area contributed by atoms with Crippen molar-refractivity contribution in [3.8, 4) is 0 Å². The highest BCUT2D eigenvalue weighted by Gasteiger charge is 2.18. The lowest BCUT2D eigenvalue weighted by atomic mass is 10.1. The Bertz CT molecular complexity index is 431. The quantitative estimate of drug-likeness (QED) is 0.789. The molecule has 4 heteroatoms. The van der Waals surface area contributed by atoms with Crippen molar-refractivity contribution in [3.63, 3.8) is 0 Å². The van der Waals surface area contributed by atoms with Crippen molar-refractivity contribution < 1.29 is 0 Å². The predicted molar refractivity (Wildman–Crippen MR) is 92.2 cm³/mol. The summed E-state index contributed by atoms with van der Waals surface area (Å²) in [7, 11) is 1.93. The van der Waals surface area contributed by atoms with Gasteiger partial charge in [-0.2, -0.15) is 0 Å². The molecule has 0 aliphatic rings. The Morgan fingerprint density at radius 2 is 1.62 bits per heavy atom. The van der Waals surface area contributed by atoms with Crippen LogP contribution in [-0.2, 0) is 6.42 Å².